The molecule has 2 aromatic rings. The van der Waals surface area contributed by atoms with Crippen molar-refractivity contribution in [2.45, 2.75) is 77.9 Å². The van der Waals surface area contributed by atoms with Gasteiger partial charge in [0.15, 0.2) is 6.61 Å². The number of benzene rings is 2. The Balaban J connectivity index is 2.50. The van der Waals surface area contributed by atoms with E-state index in [0.29, 0.717) is 11.3 Å². The molecule has 0 fully saturated rings. The van der Waals surface area contributed by atoms with Gasteiger partial charge in [-0.25, -0.2) is 4.79 Å². The molecule has 54 heavy (non-hydrogen) atoms. The van der Waals surface area contributed by atoms with Crippen LogP contribution in [0.2, 0.25) is 0 Å². The molecule has 0 aliphatic carbocycles. The number of allylic oxidation sites excluding steroid dienone is 2. The van der Waals surface area contributed by atoms with Gasteiger partial charge in [-0.1, -0.05) is 44.7 Å². The molecule has 290 valence electrons. The minimum Gasteiger partial charge on any atom is -0.497 e. The molecule has 2 aromatic carbocycles. The number of hydrogen-bond donors (Lipinski definition) is 3. The van der Waals surface area contributed by atoms with Gasteiger partial charge in [0.2, 0.25) is 11.8 Å². The lowest BCUT2D eigenvalue weighted by Crippen LogP contribution is -2.58. The van der Waals surface area contributed by atoms with Crippen LogP contribution in [0.3, 0.4) is 0 Å². The number of nitrogens with zero attached hydrogens (tertiary/aromatic N) is 1. The summed E-state index contributed by atoms with van der Waals surface area (Å²) in [6, 6.07) is 8.73. The van der Waals surface area contributed by atoms with Gasteiger partial charge < -0.3 is 30.2 Å². The van der Waals surface area contributed by atoms with Crippen molar-refractivity contribution < 1.29 is 51.4 Å². The summed E-state index contributed by atoms with van der Waals surface area (Å²) in [6.45, 7) is 12.7. The van der Waals surface area contributed by atoms with E-state index in [0.717, 1.165) is 0 Å². The lowest BCUT2D eigenvalue weighted by molar-refractivity contribution is -0.175. The van der Waals surface area contributed by atoms with Crippen LogP contribution in [0.25, 0.3) is 0 Å². The van der Waals surface area contributed by atoms with Crippen molar-refractivity contribution in [1.82, 2.24) is 16.0 Å². The van der Waals surface area contributed by atoms with Gasteiger partial charge in [-0.2, -0.15) is 18.4 Å². The first kappa shape index (κ1) is 44.3. The Morgan fingerprint density at radius 1 is 0.944 bits per heavy atom. The van der Waals surface area contributed by atoms with Gasteiger partial charge in [-0.15, -0.1) is 0 Å². The number of carbonyl (C=O) groups excluding carboxylic acids is 5. The second-order valence-electron chi connectivity index (χ2n) is 13.3. The highest BCUT2D eigenvalue weighted by Gasteiger charge is 2.45. The Kier molecular flexibility index (Phi) is 16.2. The first-order valence-electron chi connectivity index (χ1n) is 16.7. The second kappa shape index (κ2) is 19.8. The molecule has 0 spiro atoms. The van der Waals surface area contributed by atoms with E-state index >= 15 is 0 Å². The van der Waals surface area contributed by atoms with Crippen molar-refractivity contribution in [3.8, 4) is 11.8 Å². The summed E-state index contributed by atoms with van der Waals surface area (Å²) >= 11 is 0. The summed E-state index contributed by atoms with van der Waals surface area (Å²) in [6.07, 6.45) is -1.19. The third-order valence-corrected chi connectivity index (χ3v) is 7.42. The summed E-state index contributed by atoms with van der Waals surface area (Å²) in [5, 5.41) is 16.6. The molecule has 3 N–H and O–H groups in total. The van der Waals surface area contributed by atoms with Gasteiger partial charge in [0, 0.05) is 12.0 Å². The number of rotatable bonds is 17. The fraction of sp³-hybridized carbons (Fsp3) is 0.385. The van der Waals surface area contributed by atoms with E-state index in [1.54, 1.807) is 45.9 Å². The van der Waals surface area contributed by atoms with Gasteiger partial charge in [-0.05, 0) is 87.2 Å². The van der Waals surface area contributed by atoms with Crippen LogP contribution in [-0.2, 0) is 35.1 Å². The number of amides is 3. The largest absolute Gasteiger partial charge is 0.497 e. The number of ketones is 1. The molecule has 0 radical (unpaired) electrons. The molecule has 0 aromatic heterocycles. The SMILES string of the molecule is C=C(/C=C\C(=C/C)OC)[C@H](NC(=O)[C@H](Cc1cccc(C#N)c1)NC(=O)c1cccc(OCC(=O)OC(C)(C)C)c1)C(=O)N[C@H](C(=O)C(F)(F)F)C(C)C. The Hall–Kier alpha value is -5.91. The summed E-state index contributed by atoms with van der Waals surface area (Å²) in [7, 11) is 1.38. The molecule has 0 saturated heterocycles. The van der Waals surface area contributed by atoms with E-state index in [2.05, 4.69) is 22.5 Å². The molecular weight excluding hydrogens is 709 g/mol. The standard InChI is InChI=1S/C39H45F3N4O8/c1-9-28(52-8)17-16-24(4)33(37(51)45-32(23(2)3)34(48)39(40,41)42)46-36(50)30(19-25-12-10-13-26(18-25)21-43)44-35(49)27-14-11-15-29(20-27)53-22-31(47)54-38(5,6)7/h9-18,20,23,30,32-33H,4,19,22H2,1-3,5-8H3,(H,44,49)(H,45,51)(H,46,50)/b17-16-,28-9+/t30-,32-,33-/m0/s1. The summed E-state index contributed by atoms with van der Waals surface area (Å²) < 4.78 is 56.2. The van der Waals surface area contributed by atoms with Crippen molar-refractivity contribution in [3.63, 3.8) is 0 Å². The maximum Gasteiger partial charge on any atom is 0.452 e. The van der Waals surface area contributed by atoms with E-state index in [4.69, 9.17) is 14.2 Å². The van der Waals surface area contributed by atoms with Crippen LogP contribution in [0.1, 0.15) is 63.0 Å². The van der Waals surface area contributed by atoms with E-state index in [1.165, 1.54) is 69.5 Å². The first-order valence-corrected chi connectivity index (χ1v) is 16.7. The molecule has 12 nitrogen and oxygen atoms in total. The minimum atomic E-state index is -5.26. The van der Waals surface area contributed by atoms with Crippen LogP contribution < -0.4 is 20.7 Å². The highest BCUT2D eigenvalue weighted by Crippen LogP contribution is 2.22. The number of alkyl halides is 3. The first-order chi connectivity index (χ1) is 25.2. The third-order valence-electron chi connectivity index (χ3n) is 7.42. The Bertz CT molecular complexity index is 1810. The molecule has 3 atom stereocenters. The van der Waals surface area contributed by atoms with Crippen LogP contribution in [0.5, 0.6) is 5.75 Å². The molecule has 15 heteroatoms. The molecule has 0 heterocycles. The molecule has 0 saturated carbocycles. The second-order valence-corrected chi connectivity index (χ2v) is 13.3. The maximum atomic E-state index is 14.0. The van der Waals surface area contributed by atoms with Crippen LogP contribution >= 0.6 is 0 Å². The number of hydrogen-bond acceptors (Lipinski definition) is 9. The van der Waals surface area contributed by atoms with Gasteiger partial charge >= 0.3 is 12.1 Å². The van der Waals surface area contributed by atoms with Crippen molar-refractivity contribution in [2.24, 2.45) is 5.92 Å². The molecular formula is C39H45F3N4O8. The zero-order chi connectivity index (χ0) is 40.8. The molecule has 0 aliphatic heterocycles. The van der Waals surface area contributed by atoms with Crippen molar-refractivity contribution in [2.75, 3.05) is 13.7 Å². The fourth-order valence-corrected chi connectivity index (χ4v) is 4.78. The predicted molar refractivity (Wildman–Crippen MR) is 193 cm³/mol. The molecule has 0 bridgehead atoms. The van der Waals surface area contributed by atoms with E-state index in [9.17, 15) is 42.4 Å². The Labute approximate surface area is 312 Å². The van der Waals surface area contributed by atoms with Gasteiger partial charge in [0.1, 0.15) is 29.2 Å². The smallest absolute Gasteiger partial charge is 0.452 e. The predicted octanol–water partition coefficient (Wildman–Crippen LogP) is 5.04. The number of nitriles is 1. The number of ether oxygens (including phenoxy) is 3. The number of carbonyl (C=O) groups is 5. The van der Waals surface area contributed by atoms with Crippen LogP contribution in [0.15, 0.2) is 84.7 Å². The fourth-order valence-electron chi connectivity index (χ4n) is 4.78. The maximum absolute atomic E-state index is 14.0. The lowest BCUT2D eigenvalue weighted by Gasteiger charge is -2.27. The minimum absolute atomic E-state index is 0.0192. The lowest BCUT2D eigenvalue weighted by atomic mass is 9.97. The van der Waals surface area contributed by atoms with Gasteiger partial charge in [0.05, 0.1) is 24.8 Å². The number of methoxy groups -OCH3 is 1. The normalized spacial score (nSPS) is 13.6. The van der Waals surface area contributed by atoms with Crippen LogP contribution in [0, 0.1) is 17.2 Å². The van der Waals surface area contributed by atoms with Gasteiger partial charge in [-0.3, -0.25) is 19.2 Å². The zero-order valence-corrected chi connectivity index (χ0v) is 31.1. The quantitative estimate of drug-likeness (QED) is 0.114. The number of esters is 1. The molecule has 0 unspecified atom stereocenters. The highest BCUT2D eigenvalue weighted by atomic mass is 19.4. The highest BCUT2D eigenvalue weighted by molar-refractivity contribution is 6.00. The average molecular weight is 755 g/mol. The molecule has 3 amide bonds. The summed E-state index contributed by atoms with van der Waals surface area (Å²) in [4.78, 5) is 65.6. The monoisotopic (exact) mass is 754 g/mol. The average Bonchev–Trinajstić information content (AvgIpc) is 3.10. The van der Waals surface area contributed by atoms with Crippen LogP contribution in [-0.4, -0.2) is 73.1 Å². The molecule has 0 aliphatic rings. The molecule has 2 rings (SSSR count). The van der Waals surface area contributed by atoms with E-state index < -0.39 is 71.9 Å². The van der Waals surface area contributed by atoms with E-state index in [1.807, 2.05) is 6.07 Å². The van der Waals surface area contributed by atoms with Crippen LogP contribution in [0.4, 0.5) is 13.2 Å². The van der Waals surface area contributed by atoms with Crippen molar-refractivity contribution >= 4 is 29.5 Å². The van der Waals surface area contributed by atoms with E-state index in [-0.39, 0.29) is 28.9 Å². The van der Waals surface area contributed by atoms with Gasteiger partial charge in [0.25, 0.3) is 11.7 Å². The summed E-state index contributed by atoms with van der Waals surface area (Å²) in [5.74, 6) is -6.27. The Morgan fingerprint density at radius 2 is 1.61 bits per heavy atom. The summed E-state index contributed by atoms with van der Waals surface area (Å²) in [5.41, 5.74) is -0.132. The Morgan fingerprint density at radius 3 is 2.19 bits per heavy atom. The number of Topliss-reactive ketones (excluding diaryl/α,β-unsaturated/α-hetero) is 1. The zero-order valence-electron chi connectivity index (χ0n) is 31.1. The third kappa shape index (κ3) is 14.3. The topological polar surface area (TPSA) is 173 Å². The number of halogens is 3. The van der Waals surface area contributed by atoms with Crippen molar-refractivity contribution in [1.29, 1.82) is 5.26 Å². The van der Waals surface area contributed by atoms with Crippen molar-refractivity contribution in [3.05, 3.63) is 101 Å². The number of nitrogens with one attached hydrogen (secondary N) is 3.